The van der Waals surface area contributed by atoms with E-state index in [1.165, 1.54) is 0 Å². The van der Waals surface area contributed by atoms with Gasteiger partial charge in [0.1, 0.15) is 6.04 Å². The third-order valence-electron chi connectivity index (χ3n) is 2.64. The summed E-state index contributed by atoms with van der Waals surface area (Å²) in [7, 11) is 0. The van der Waals surface area contributed by atoms with Crippen LogP contribution in [0.5, 0.6) is 0 Å². The maximum Gasteiger partial charge on any atom is 0.322 e. The standard InChI is InChI=1S/C12H25NO2/c1-5-10(6-2)8-15-12(14)11(13)7-9(3)4/h9-11H,5-8,13H2,1-4H3. The van der Waals surface area contributed by atoms with Crippen LogP contribution >= 0.6 is 0 Å². The third kappa shape index (κ3) is 6.50. The molecule has 3 nitrogen and oxygen atoms in total. The second kappa shape index (κ2) is 7.69. The molecule has 0 saturated heterocycles. The van der Waals surface area contributed by atoms with Crippen LogP contribution in [-0.4, -0.2) is 18.6 Å². The molecular weight excluding hydrogens is 190 g/mol. The predicted molar refractivity (Wildman–Crippen MR) is 62.5 cm³/mol. The number of hydrogen-bond acceptors (Lipinski definition) is 3. The van der Waals surface area contributed by atoms with Gasteiger partial charge >= 0.3 is 5.97 Å². The average molecular weight is 215 g/mol. The highest BCUT2D eigenvalue weighted by Gasteiger charge is 2.17. The van der Waals surface area contributed by atoms with Crippen LogP contribution in [0.2, 0.25) is 0 Å². The zero-order valence-electron chi connectivity index (χ0n) is 10.5. The van der Waals surface area contributed by atoms with E-state index in [2.05, 4.69) is 13.8 Å². The van der Waals surface area contributed by atoms with Crippen molar-refractivity contribution in [2.24, 2.45) is 17.6 Å². The summed E-state index contributed by atoms with van der Waals surface area (Å²) in [5.41, 5.74) is 5.71. The number of carbonyl (C=O) groups is 1. The Balaban J connectivity index is 3.81. The van der Waals surface area contributed by atoms with Crippen molar-refractivity contribution >= 4 is 5.97 Å². The Hall–Kier alpha value is -0.570. The van der Waals surface area contributed by atoms with Gasteiger partial charge in [0.05, 0.1) is 6.61 Å². The van der Waals surface area contributed by atoms with Crippen molar-refractivity contribution < 1.29 is 9.53 Å². The molecule has 1 unspecified atom stereocenters. The summed E-state index contributed by atoms with van der Waals surface area (Å²) < 4.78 is 5.18. The van der Waals surface area contributed by atoms with Crippen molar-refractivity contribution in [1.29, 1.82) is 0 Å². The second-order valence-electron chi connectivity index (χ2n) is 4.55. The van der Waals surface area contributed by atoms with Gasteiger partial charge in [-0.15, -0.1) is 0 Å². The fourth-order valence-electron chi connectivity index (χ4n) is 1.44. The van der Waals surface area contributed by atoms with Gasteiger partial charge in [-0.25, -0.2) is 0 Å². The Kier molecular flexibility index (Phi) is 7.39. The first-order valence-corrected chi connectivity index (χ1v) is 5.93. The smallest absolute Gasteiger partial charge is 0.322 e. The normalized spacial score (nSPS) is 13.3. The first-order valence-electron chi connectivity index (χ1n) is 5.93. The van der Waals surface area contributed by atoms with Crippen molar-refractivity contribution in [1.82, 2.24) is 0 Å². The molecule has 0 fully saturated rings. The summed E-state index contributed by atoms with van der Waals surface area (Å²) in [4.78, 5) is 11.5. The lowest BCUT2D eigenvalue weighted by molar-refractivity contribution is -0.147. The lowest BCUT2D eigenvalue weighted by atomic mass is 10.0. The Bertz CT molecular complexity index is 176. The molecule has 0 aliphatic heterocycles. The van der Waals surface area contributed by atoms with Crippen molar-refractivity contribution in [2.45, 2.75) is 53.0 Å². The van der Waals surface area contributed by atoms with E-state index in [-0.39, 0.29) is 5.97 Å². The minimum absolute atomic E-state index is 0.254. The maximum absolute atomic E-state index is 11.5. The molecule has 0 heterocycles. The van der Waals surface area contributed by atoms with Crippen LogP contribution in [0.15, 0.2) is 0 Å². The molecule has 0 bridgehead atoms. The minimum Gasteiger partial charge on any atom is -0.464 e. The molecule has 0 aliphatic carbocycles. The molecule has 1 atom stereocenters. The predicted octanol–water partition coefficient (Wildman–Crippen LogP) is 2.34. The van der Waals surface area contributed by atoms with Gasteiger partial charge in [-0.1, -0.05) is 40.5 Å². The van der Waals surface area contributed by atoms with E-state index in [1.54, 1.807) is 0 Å². The second-order valence-corrected chi connectivity index (χ2v) is 4.55. The van der Waals surface area contributed by atoms with Crippen LogP contribution in [0.1, 0.15) is 47.0 Å². The quantitative estimate of drug-likeness (QED) is 0.663. The van der Waals surface area contributed by atoms with E-state index in [1.807, 2.05) is 13.8 Å². The highest BCUT2D eigenvalue weighted by molar-refractivity contribution is 5.75. The number of carbonyl (C=O) groups excluding carboxylic acids is 1. The number of nitrogens with two attached hydrogens (primary N) is 1. The number of hydrogen-bond donors (Lipinski definition) is 1. The van der Waals surface area contributed by atoms with Crippen LogP contribution in [0.25, 0.3) is 0 Å². The minimum atomic E-state index is -0.459. The molecule has 90 valence electrons. The van der Waals surface area contributed by atoms with Gasteiger partial charge < -0.3 is 10.5 Å². The Morgan fingerprint density at radius 2 is 1.80 bits per heavy atom. The molecule has 0 aromatic carbocycles. The molecule has 0 amide bonds. The Morgan fingerprint density at radius 3 is 2.20 bits per heavy atom. The van der Waals surface area contributed by atoms with E-state index in [0.717, 1.165) is 12.8 Å². The van der Waals surface area contributed by atoms with Gasteiger partial charge in [-0.2, -0.15) is 0 Å². The Morgan fingerprint density at radius 1 is 1.27 bits per heavy atom. The van der Waals surface area contributed by atoms with Gasteiger partial charge in [0.2, 0.25) is 0 Å². The fourth-order valence-corrected chi connectivity index (χ4v) is 1.44. The van der Waals surface area contributed by atoms with Crippen molar-refractivity contribution in [3.63, 3.8) is 0 Å². The summed E-state index contributed by atoms with van der Waals surface area (Å²) >= 11 is 0. The lowest BCUT2D eigenvalue weighted by Crippen LogP contribution is -2.34. The number of esters is 1. The van der Waals surface area contributed by atoms with Gasteiger partial charge in [-0.3, -0.25) is 4.79 Å². The van der Waals surface area contributed by atoms with Crippen LogP contribution < -0.4 is 5.73 Å². The third-order valence-corrected chi connectivity index (χ3v) is 2.64. The Labute approximate surface area is 93.4 Å². The van der Waals surface area contributed by atoms with Gasteiger partial charge in [0, 0.05) is 0 Å². The SMILES string of the molecule is CCC(CC)COC(=O)C(N)CC(C)C. The van der Waals surface area contributed by atoms with Crippen LogP contribution in [0.3, 0.4) is 0 Å². The summed E-state index contributed by atoms with van der Waals surface area (Å²) in [5.74, 6) is 0.650. The summed E-state index contributed by atoms with van der Waals surface area (Å²) in [5, 5.41) is 0. The van der Waals surface area contributed by atoms with Crippen LogP contribution in [0.4, 0.5) is 0 Å². The van der Waals surface area contributed by atoms with Crippen LogP contribution in [0, 0.1) is 11.8 Å². The highest BCUT2D eigenvalue weighted by atomic mass is 16.5. The molecule has 2 N–H and O–H groups in total. The average Bonchev–Trinajstić information content (AvgIpc) is 2.18. The summed E-state index contributed by atoms with van der Waals surface area (Å²) in [6.07, 6.45) is 2.79. The molecule has 0 saturated carbocycles. The maximum atomic E-state index is 11.5. The first kappa shape index (κ1) is 14.4. The first-order chi connectivity index (χ1) is 7.01. The summed E-state index contributed by atoms with van der Waals surface area (Å²) in [6.45, 7) is 8.83. The summed E-state index contributed by atoms with van der Waals surface area (Å²) in [6, 6.07) is -0.459. The molecular formula is C12H25NO2. The van der Waals surface area contributed by atoms with Gasteiger partial charge in [-0.05, 0) is 18.3 Å². The van der Waals surface area contributed by atoms with Crippen molar-refractivity contribution in [3.05, 3.63) is 0 Å². The van der Waals surface area contributed by atoms with Crippen molar-refractivity contribution in [2.75, 3.05) is 6.61 Å². The zero-order chi connectivity index (χ0) is 11.8. The van der Waals surface area contributed by atoms with E-state index in [9.17, 15) is 4.79 Å². The number of rotatable bonds is 7. The molecule has 0 aliphatic rings. The topological polar surface area (TPSA) is 52.3 Å². The number of ether oxygens (including phenoxy) is 1. The largest absolute Gasteiger partial charge is 0.464 e. The molecule has 0 radical (unpaired) electrons. The lowest BCUT2D eigenvalue weighted by Gasteiger charge is -2.16. The van der Waals surface area contributed by atoms with E-state index < -0.39 is 6.04 Å². The fraction of sp³-hybridized carbons (Fsp3) is 0.917. The van der Waals surface area contributed by atoms with Gasteiger partial charge in [0.25, 0.3) is 0 Å². The highest BCUT2D eigenvalue weighted by Crippen LogP contribution is 2.09. The van der Waals surface area contributed by atoms with E-state index in [0.29, 0.717) is 24.9 Å². The molecule has 15 heavy (non-hydrogen) atoms. The molecule has 0 aromatic heterocycles. The van der Waals surface area contributed by atoms with Crippen molar-refractivity contribution in [3.8, 4) is 0 Å². The van der Waals surface area contributed by atoms with Gasteiger partial charge in [0.15, 0.2) is 0 Å². The molecule has 0 aromatic rings. The monoisotopic (exact) mass is 215 g/mol. The van der Waals surface area contributed by atoms with E-state index >= 15 is 0 Å². The molecule has 0 rings (SSSR count). The van der Waals surface area contributed by atoms with Crippen LogP contribution in [-0.2, 0) is 9.53 Å². The zero-order valence-corrected chi connectivity index (χ0v) is 10.5. The van der Waals surface area contributed by atoms with E-state index in [4.69, 9.17) is 10.5 Å². The molecule has 3 heteroatoms. The molecule has 0 spiro atoms.